The first kappa shape index (κ1) is 13.6. The van der Waals surface area contributed by atoms with Gasteiger partial charge in [0, 0.05) is 12.3 Å². The van der Waals surface area contributed by atoms with Crippen molar-refractivity contribution in [2.75, 3.05) is 4.72 Å². The second-order valence-corrected chi connectivity index (χ2v) is 6.63. The minimum atomic E-state index is -3.65. The van der Waals surface area contributed by atoms with E-state index in [1.54, 1.807) is 18.3 Å². The molecule has 0 unspecified atom stereocenters. The van der Waals surface area contributed by atoms with Crippen LogP contribution < -0.4 is 4.72 Å². The van der Waals surface area contributed by atoms with E-state index in [0.717, 1.165) is 24.8 Å². The highest BCUT2D eigenvalue weighted by molar-refractivity contribution is 7.92. The molecule has 0 saturated carbocycles. The lowest BCUT2D eigenvalue weighted by molar-refractivity contribution is 0.600. The van der Waals surface area contributed by atoms with Gasteiger partial charge in [-0.2, -0.15) is 10.4 Å². The Morgan fingerprint density at radius 2 is 2.10 bits per heavy atom. The SMILES string of the molecule is N#CCn1ccc(NS(=O)(=O)c2ccc3c(c2)CCC3)n1. The van der Waals surface area contributed by atoms with E-state index in [1.807, 2.05) is 12.1 Å². The summed E-state index contributed by atoms with van der Waals surface area (Å²) in [5.74, 6) is 0.214. The maximum Gasteiger partial charge on any atom is 0.263 e. The number of nitrogens with one attached hydrogen (secondary N) is 1. The van der Waals surface area contributed by atoms with Crippen molar-refractivity contribution in [2.24, 2.45) is 0 Å². The molecule has 7 heteroatoms. The van der Waals surface area contributed by atoms with Crippen LogP contribution in [0.15, 0.2) is 35.4 Å². The molecule has 0 fully saturated rings. The molecule has 1 aliphatic rings. The molecule has 0 amide bonds. The zero-order valence-corrected chi connectivity index (χ0v) is 12.1. The van der Waals surface area contributed by atoms with Crippen LogP contribution in [-0.2, 0) is 29.4 Å². The van der Waals surface area contributed by atoms with E-state index in [1.165, 1.54) is 16.3 Å². The summed E-state index contributed by atoms with van der Waals surface area (Å²) in [5, 5.41) is 12.6. The summed E-state index contributed by atoms with van der Waals surface area (Å²) >= 11 is 0. The molecule has 0 saturated heterocycles. The molecule has 0 spiro atoms. The van der Waals surface area contributed by atoms with Gasteiger partial charge in [0.2, 0.25) is 0 Å². The number of hydrogen-bond acceptors (Lipinski definition) is 4. The van der Waals surface area contributed by atoms with Crippen LogP contribution in [0.2, 0.25) is 0 Å². The quantitative estimate of drug-likeness (QED) is 0.931. The van der Waals surface area contributed by atoms with Crippen LogP contribution in [0.5, 0.6) is 0 Å². The molecule has 3 rings (SSSR count). The topological polar surface area (TPSA) is 87.8 Å². The van der Waals surface area contributed by atoms with Crippen molar-refractivity contribution < 1.29 is 8.42 Å². The van der Waals surface area contributed by atoms with E-state index in [2.05, 4.69) is 9.82 Å². The Morgan fingerprint density at radius 3 is 2.90 bits per heavy atom. The minimum Gasteiger partial charge on any atom is -0.262 e. The molecule has 0 radical (unpaired) electrons. The lowest BCUT2D eigenvalue weighted by Crippen LogP contribution is -2.14. The third-order valence-corrected chi connectivity index (χ3v) is 4.84. The Bertz CT molecular complexity index is 818. The van der Waals surface area contributed by atoms with Crippen LogP contribution in [-0.4, -0.2) is 18.2 Å². The van der Waals surface area contributed by atoms with E-state index in [4.69, 9.17) is 5.26 Å². The van der Waals surface area contributed by atoms with Gasteiger partial charge in [-0.3, -0.25) is 9.40 Å². The third kappa shape index (κ3) is 2.76. The smallest absolute Gasteiger partial charge is 0.262 e. The maximum absolute atomic E-state index is 12.3. The molecular formula is C14H14N4O2S. The van der Waals surface area contributed by atoms with Crippen LogP contribution in [0.3, 0.4) is 0 Å². The summed E-state index contributed by atoms with van der Waals surface area (Å²) in [6.45, 7) is 0.0839. The van der Waals surface area contributed by atoms with E-state index in [-0.39, 0.29) is 17.3 Å². The Kier molecular flexibility index (Phi) is 3.39. The van der Waals surface area contributed by atoms with Crippen LogP contribution in [0.25, 0.3) is 0 Å². The van der Waals surface area contributed by atoms with E-state index in [9.17, 15) is 8.42 Å². The number of anilines is 1. The molecule has 108 valence electrons. The Balaban J connectivity index is 1.84. The zero-order valence-electron chi connectivity index (χ0n) is 11.3. The first-order valence-electron chi connectivity index (χ1n) is 6.63. The van der Waals surface area contributed by atoms with Crippen LogP contribution in [0, 0.1) is 11.3 Å². The summed E-state index contributed by atoms with van der Waals surface area (Å²) in [6, 6.07) is 8.71. The minimum absolute atomic E-state index is 0.0839. The van der Waals surface area contributed by atoms with Gasteiger partial charge in [0.1, 0.15) is 6.54 Å². The number of nitrogens with zero attached hydrogens (tertiary/aromatic N) is 3. The average molecular weight is 302 g/mol. The second-order valence-electron chi connectivity index (χ2n) is 4.95. The van der Waals surface area contributed by atoms with Gasteiger partial charge in [0.25, 0.3) is 10.0 Å². The number of fused-ring (bicyclic) bond motifs is 1. The highest BCUT2D eigenvalue weighted by Gasteiger charge is 2.19. The molecule has 0 aliphatic heterocycles. The van der Waals surface area contributed by atoms with Crippen molar-refractivity contribution in [2.45, 2.75) is 30.7 Å². The Hall–Kier alpha value is -2.33. The fraction of sp³-hybridized carbons (Fsp3) is 0.286. The van der Waals surface area contributed by atoms with E-state index in [0.29, 0.717) is 0 Å². The fourth-order valence-corrected chi connectivity index (χ4v) is 3.54. The number of benzene rings is 1. The van der Waals surface area contributed by atoms with Gasteiger partial charge in [0.15, 0.2) is 5.82 Å². The van der Waals surface area contributed by atoms with E-state index < -0.39 is 10.0 Å². The molecule has 0 bridgehead atoms. The molecule has 1 aromatic heterocycles. The second kappa shape index (κ2) is 5.22. The summed E-state index contributed by atoms with van der Waals surface area (Å²) < 4.78 is 28.5. The third-order valence-electron chi connectivity index (χ3n) is 3.49. The normalized spacial score (nSPS) is 13.7. The Morgan fingerprint density at radius 1 is 1.29 bits per heavy atom. The molecule has 0 atom stereocenters. The molecule has 2 aromatic rings. The largest absolute Gasteiger partial charge is 0.263 e. The average Bonchev–Trinajstić information content (AvgIpc) is 3.07. The zero-order chi connectivity index (χ0) is 14.9. The number of nitriles is 1. The monoisotopic (exact) mass is 302 g/mol. The van der Waals surface area contributed by atoms with Crippen molar-refractivity contribution in [3.05, 3.63) is 41.6 Å². The molecular weight excluding hydrogens is 288 g/mol. The van der Waals surface area contributed by atoms with Gasteiger partial charge in [-0.05, 0) is 42.5 Å². The highest BCUT2D eigenvalue weighted by Crippen LogP contribution is 2.25. The Labute approximate surface area is 123 Å². The van der Waals surface area contributed by atoms with Crippen molar-refractivity contribution in [1.29, 1.82) is 5.26 Å². The number of hydrogen-bond donors (Lipinski definition) is 1. The molecule has 1 heterocycles. The highest BCUT2D eigenvalue weighted by atomic mass is 32.2. The summed E-state index contributed by atoms with van der Waals surface area (Å²) in [7, 11) is -3.65. The molecule has 21 heavy (non-hydrogen) atoms. The lowest BCUT2D eigenvalue weighted by atomic mass is 10.1. The van der Waals surface area contributed by atoms with Crippen molar-refractivity contribution in [3.63, 3.8) is 0 Å². The van der Waals surface area contributed by atoms with Crippen molar-refractivity contribution in [1.82, 2.24) is 9.78 Å². The predicted molar refractivity (Wildman–Crippen MR) is 77.1 cm³/mol. The molecule has 1 N–H and O–H groups in total. The standard InChI is InChI=1S/C14H14N4O2S/c15-7-9-18-8-6-14(16-18)17-21(19,20)13-5-4-11-2-1-3-12(11)10-13/h4-6,8,10H,1-3,9H2,(H,16,17). The summed E-state index contributed by atoms with van der Waals surface area (Å²) in [4.78, 5) is 0.248. The van der Waals surface area contributed by atoms with Crippen LogP contribution in [0.4, 0.5) is 5.82 Å². The number of sulfonamides is 1. The summed E-state index contributed by atoms with van der Waals surface area (Å²) in [6.07, 6.45) is 4.58. The first-order valence-corrected chi connectivity index (χ1v) is 8.12. The predicted octanol–water partition coefficient (Wildman–Crippen LogP) is 1.70. The maximum atomic E-state index is 12.3. The van der Waals surface area contributed by atoms with E-state index >= 15 is 0 Å². The van der Waals surface area contributed by atoms with Crippen molar-refractivity contribution >= 4 is 15.8 Å². The fourth-order valence-electron chi connectivity index (χ4n) is 2.49. The van der Waals surface area contributed by atoms with Gasteiger partial charge in [-0.1, -0.05) is 6.07 Å². The first-order chi connectivity index (χ1) is 10.1. The van der Waals surface area contributed by atoms with Crippen LogP contribution in [0.1, 0.15) is 17.5 Å². The van der Waals surface area contributed by atoms with Gasteiger partial charge >= 0.3 is 0 Å². The molecule has 1 aromatic carbocycles. The number of rotatable bonds is 4. The lowest BCUT2D eigenvalue weighted by Gasteiger charge is -2.07. The van der Waals surface area contributed by atoms with Gasteiger partial charge in [-0.15, -0.1) is 0 Å². The summed E-state index contributed by atoms with van der Waals surface area (Å²) in [5.41, 5.74) is 2.33. The van der Waals surface area contributed by atoms with Crippen LogP contribution >= 0.6 is 0 Å². The molecule has 6 nitrogen and oxygen atoms in total. The van der Waals surface area contributed by atoms with Gasteiger partial charge in [0.05, 0.1) is 11.0 Å². The number of aromatic nitrogens is 2. The molecule has 1 aliphatic carbocycles. The van der Waals surface area contributed by atoms with Gasteiger partial charge < -0.3 is 0 Å². The van der Waals surface area contributed by atoms with Crippen molar-refractivity contribution in [3.8, 4) is 6.07 Å². The van der Waals surface area contributed by atoms with Gasteiger partial charge in [-0.25, -0.2) is 8.42 Å². The number of aryl methyl sites for hydroxylation is 2.